The molecular weight excluding hydrogens is 445 g/mol. The van der Waals surface area contributed by atoms with E-state index in [1.807, 2.05) is 13.8 Å². The van der Waals surface area contributed by atoms with Crippen LogP contribution in [-0.2, 0) is 30.7 Å². The molecule has 0 fully saturated rings. The van der Waals surface area contributed by atoms with Crippen LogP contribution >= 0.6 is 11.6 Å². The van der Waals surface area contributed by atoms with Gasteiger partial charge >= 0.3 is 6.18 Å². The molecule has 0 unspecified atom stereocenters. The van der Waals surface area contributed by atoms with Crippen molar-refractivity contribution >= 4 is 34.2 Å². The van der Waals surface area contributed by atoms with E-state index in [0.717, 1.165) is 28.8 Å². The molecule has 1 aliphatic rings. The highest BCUT2D eigenvalue weighted by atomic mass is 35.5. The van der Waals surface area contributed by atoms with Crippen molar-refractivity contribution in [2.24, 2.45) is 0 Å². The fraction of sp³-hybridized carbons (Fsp3) is 0.318. The van der Waals surface area contributed by atoms with E-state index in [9.17, 15) is 18.0 Å². The Balaban J connectivity index is 1.69. The van der Waals surface area contributed by atoms with Crippen molar-refractivity contribution in [2.45, 2.75) is 45.8 Å². The predicted octanol–water partition coefficient (Wildman–Crippen LogP) is 4.97. The summed E-state index contributed by atoms with van der Waals surface area (Å²) in [5.41, 5.74) is 8.00. The van der Waals surface area contributed by atoms with Crippen molar-refractivity contribution < 1.29 is 22.7 Å². The van der Waals surface area contributed by atoms with Gasteiger partial charge < -0.3 is 15.4 Å². The molecule has 0 aliphatic carbocycles. The zero-order chi connectivity index (χ0) is 23.2. The Morgan fingerprint density at radius 1 is 1.25 bits per heavy atom. The van der Waals surface area contributed by atoms with Crippen LogP contribution in [0.3, 0.4) is 0 Å². The van der Waals surface area contributed by atoms with E-state index in [2.05, 4.69) is 9.97 Å². The number of carbonyl (C=O) groups excluding carboxylic acids is 1. The molecule has 2 N–H and O–H groups in total. The number of ether oxygens (including phenoxy) is 1. The van der Waals surface area contributed by atoms with Crippen molar-refractivity contribution in [2.75, 3.05) is 5.73 Å². The molecule has 1 amide bonds. The van der Waals surface area contributed by atoms with Gasteiger partial charge in [-0.05, 0) is 43.7 Å². The summed E-state index contributed by atoms with van der Waals surface area (Å²) in [6.07, 6.45) is -3.71. The maximum atomic E-state index is 13.4. The van der Waals surface area contributed by atoms with Gasteiger partial charge in [0.1, 0.15) is 5.82 Å². The van der Waals surface area contributed by atoms with Gasteiger partial charge in [0.25, 0.3) is 5.91 Å². The molecule has 32 heavy (non-hydrogen) atoms. The van der Waals surface area contributed by atoms with Crippen LogP contribution in [0.15, 0.2) is 30.5 Å². The van der Waals surface area contributed by atoms with Crippen LogP contribution in [0.1, 0.15) is 46.6 Å². The maximum Gasteiger partial charge on any atom is 0.417 e. The first kappa shape index (κ1) is 22.3. The lowest BCUT2D eigenvalue weighted by Crippen LogP contribution is -2.36. The smallest absolute Gasteiger partial charge is 0.383 e. The number of nitrogens with zero attached hydrogens (tertiary/aromatic N) is 3. The number of nitrogens with two attached hydrogens (primary N) is 1. The lowest BCUT2D eigenvalue weighted by molar-refractivity contribution is -0.137. The van der Waals surface area contributed by atoms with Crippen LogP contribution in [0.5, 0.6) is 0 Å². The van der Waals surface area contributed by atoms with Crippen molar-refractivity contribution in [1.82, 2.24) is 14.9 Å². The molecule has 10 heteroatoms. The quantitative estimate of drug-likeness (QED) is 0.590. The van der Waals surface area contributed by atoms with Gasteiger partial charge in [0.05, 0.1) is 47.1 Å². The second kappa shape index (κ2) is 8.22. The molecule has 0 bridgehead atoms. The van der Waals surface area contributed by atoms with E-state index in [1.54, 1.807) is 12.1 Å². The Labute approximate surface area is 187 Å². The zero-order valence-electron chi connectivity index (χ0n) is 17.3. The van der Waals surface area contributed by atoms with Crippen LogP contribution in [0.25, 0.3) is 10.9 Å². The van der Waals surface area contributed by atoms with E-state index < -0.39 is 11.7 Å². The Morgan fingerprint density at radius 3 is 2.59 bits per heavy atom. The molecule has 168 valence electrons. The predicted molar refractivity (Wildman–Crippen MR) is 114 cm³/mol. The van der Waals surface area contributed by atoms with Crippen molar-refractivity contribution in [3.8, 4) is 0 Å². The third kappa shape index (κ3) is 4.10. The first-order valence-corrected chi connectivity index (χ1v) is 10.3. The van der Waals surface area contributed by atoms with Gasteiger partial charge in [-0.15, -0.1) is 0 Å². The number of nitrogen functional groups attached to an aromatic ring is 1. The van der Waals surface area contributed by atoms with Crippen molar-refractivity contribution in [3.63, 3.8) is 0 Å². The normalized spacial score (nSPS) is 13.6. The lowest BCUT2D eigenvalue weighted by Gasteiger charge is -2.27. The van der Waals surface area contributed by atoms with Gasteiger partial charge in [0.15, 0.2) is 0 Å². The minimum Gasteiger partial charge on any atom is -0.383 e. The fourth-order valence-electron chi connectivity index (χ4n) is 3.66. The number of carbonyl (C=O) groups is 1. The van der Waals surface area contributed by atoms with Gasteiger partial charge in [-0.3, -0.25) is 9.78 Å². The first-order chi connectivity index (χ1) is 15.1. The minimum atomic E-state index is -4.47. The fourth-order valence-corrected chi connectivity index (χ4v) is 3.90. The molecule has 0 radical (unpaired) electrons. The molecular formula is C22H20ClF3N4O2. The highest BCUT2D eigenvalue weighted by Gasteiger charge is 2.31. The number of benzene rings is 1. The molecule has 4 rings (SSSR count). The second-order valence-corrected chi connectivity index (χ2v) is 8.27. The minimum absolute atomic E-state index is 0.0320. The molecule has 0 saturated carbocycles. The number of alkyl halides is 3. The number of hydrogen-bond acceptors (Lipinski definition) is 5. The summed E-state index contributed by atoms with van der Waals surface area (Å²) in [5.74, 6) is 0.00964. The Morgan fingerprint density at radius 2 is 1.97 bits per heavy atom. The highest BCUT2D eigenvalue weighted by Crippen LogP contribution is 2.34. The van der Waals surface area contributed by atoms with E-state index in [1.165, 1.54) is 11.0 Å². The molecule has 2 aromatic heterocycles. The van der Waals surface area contributed by atoms with Gasteiger partial charge in [-0.25, -0.2) is 4.98 Å². The van der Waals surface area contributed by atoms with Gasteiger partial charge in [0, 0.05) is 23.2 Å². The van der Waals surface area contributed by atoms with Crippen LogP contribution < -0.4 is 5.73 Å². The summed E-state index contributed by atoms with van der Waals surface area (Å²) >= 11 is 6.42. The standard InChI is InChI=1S/C22H20ClF3N4O2/c1-11(2)30(8-13-4-3-12(7-28-13)22(24,25)26)21(31)15-5-14-16-9-32-10-17(16)20(27)29-19(14)6-18(15)23/h3-7,11H,8-10H2,1-2H3,(H2,27,29). The van der Waals surface area contributed by atoms with E-state index in [-0.39, 0.29) is 29.1 Å². The van der Waals surface area contributed by atoms with E-state index >= 15 is 0 Å². The average molecular weight is 465 g/mol. The number of amides is 1. The molecule has 0 atom stereocenters. The van der Waals surface area contributed by atoms with Crippen LogP contribution in [0.4, 0.5) is 19.0 Å². The second-order valence-electron chi connectivity index (χ2n) is 7.86. The number of halogens is 4. The van der Waals surface area contributed by atoms with Gasteiger partial charge in [-0.2, -0.15) is 13.2 Å². The van der Waals surface area contributed by atoms with Crippen molar-refractivity contribution in [3.05, 3.63) is 63.4 Å². The number of fused-ring (bicyclic) bond motifs is 3. The van der Waals surface area contributed by atoms with Gasteiger partial charge in [0.2, 0.25) is 0 Å². The number of hydrogen-bond donors (Lipinski definition) is 1. The van der Waals surface area contributed by atoms with E-state index in [4.69, 9.17) is 22.1 Å². The Bertz CT molecular complexity index is 1200. The largest absolute Gasteiger partial charge is 0.417 e. The third-order valence-electron chi connectivity index (χ3n) is 5.42. The number of aromatic nitrogens is 2. The molecule has 3 heterocycles. The lowest BCUT2D eigenvalue weighted by atomic mass is 10.0. The first-order valence-electron chi connectivity index (χ1n) is 9.87. The molecule has 0 spiro atoms. The summed E-state index contributed by atoms with van der Waals surface area (Å²) in [4.78, 5) is 23.2. The molecule has 1 aromatic carbocycles. The number of anilines is 1. The summed E-state index contributed by atoms with van der Waals surface area (Å²) in [6, 6.07) is 5.23. The van der Waals surface area contributed by atoms with Crippen LogP contribution in [-0.4, -0.2) is 26.8 Å². The molecule has 6 nitrogen and oxygen atoms in total. The van der Waals surface area contributed by atoms with Crippen LogP contribution in [0.2, 0.25) is 5.02 Å². The Hall–Kier alpha value is -2.91. The summed E-state index contributed by atoms with van der Waals surface area (Å²) in [5, 5.41) is 0.940. The summed E-state index contributed by atoms with van der Waals surface area (Å²) in [6.45, 7) is 4.37. The maximum absolute atomic E-state index is 13.4. The van der Waals surface area contributed by atoms with E-state index in [0.29, 0.717) is 30.2 Å². The molecule has 0 saturated heterocycles. The Kier molecular flexibility index (Phi) is 5.72. The SMILES string of the molecule is CC(C)N(Cc1ccc(C(F)(F)F)cn1)C(=O)c1cc2c3c(c(N)nc2cc1Cl)COC3. The number of pyridine rings is 2. The third-order valence-corrected chi connectivity index (χ3v) is 5.73. The zero-order valence-corrected chi connectivity index (χ0v) is 18.1. The highest BCUT2D eigenvalue weighted by molar-refractivity contribution is 6.34. The van der Waals surface area contributed by atoms with Crippen molar-refractivity contribution in [1.29, 1.82) is 0 Å². The summed E-state index contributed by atoms with van der Waals surface area (Å²) in [7, 11) is 0. The summed E-state index contributed by atoms with van der Waals surface area (Å²) < 4.78 is 43.9. The number of rotatable bonds is 4. The molecule has 3 aromatic rings. The monoisotopic (exact) mass is 464 g/mol. The average Bonchev–Trinajstić information content (AvgIpc) is 3.21. The molecule has 1 aliphatic heterocycles. The van der Waals surface area contributed by atoms with Crippen LogP contribution in [0, 0.1) is 0 Å². The topological polar surface area (TPSA) is 81.3 Å². The van der Waals surface area contributed by atoms with Gasteiger partial charge in [-0.1, -0.05) is 11.6 Å².